The molecule has 2 heterocycles. The number of carbonyl (C=O) groups is 1. The number of aromatic amines is 1. The molecule has 168 valence electrons. The average molecular weight is 449 g/mol. The lowest BCUT2D eigenvalue weighted by Crippen LogP contribution is -2.31. The van der Waals surface area contributed by atoms with Gasteiger partial charge >= 0.3 is 6.03 Å². The molecule has 3 N–H and O–H groups in total. The zero-order valence-electron chi connectivity index (χ0n) is 18.5. The van der Waals surface area contributed by atoms with Crippen molar-refractivity contribution < 1.29 is 4.79 Å². The lowest BCUT2D eigenvalue weighted by Gasteiger charge is -2.25. The summed E-state index contributed by atoms with van der Waals surface area (Å²) in [6, 6.07) is 22.2. The molecule has 7 heteroatoms. The van der Waals surface area contributed by atoms with Crippen LogP contribution in [0.3, 0.4) is 0 Å². The number of para-hydroxylation sites is 1. The highest BCUT2D eigenvalue weighted by Crippen LogP contribution is 2.35. The highest BCUT2D eigenvalue weighted by molar-refractivity contribution is 6.00. The molecule has 2 amide bonds. The monoisotopic (exact) mass is 448 g/mol. The average Bonchev–Trinajstić information content (AvgIpc) is 3.52. The van der Waals surface area contributed by atoms with E-state index < -0.39 is 0 Å². The Hall–Kier alpha value is -4.52. The standard InChI is InChI=1S/C27H24N6O/c34-27(29-24-7-4-8-26-23(24)18-28-31-26)30-25-12-9-19-17-21(10-11-22(19)25)33-15-13-32(14-16-33)20-5-2-1-3-6-20/h1-8,10-11,13-18,25H,9,12H2,(H,28,31)(H2,29,30,34). The van der Waals surface area contributed by atoms with E-state index in [2.05, 4.69) is 85.8 Å². The molecule has 0 fully saturated rings. The van der Waals surface area contributed by atoms with E-state index >= 15 is 0 Å². The molecule has 2 aliphatic rings. The lowest BCUT2D eigenvalue weighted by atomic mass is 10.1. The SMILES string of the molecule is O=C(Nc1cccc2[nH]ncc12)NC1CCc2cc(N3C=CN(c4ccccc4)C=C3)ccc21. The minimum atomic E-state index is -0.210. The third-order valence-corrected chi connectivity index (χ3v) is 6.37. The summed E-state index contributed by atoms with van der Waals surface area (Å²) in [5.41, 5.74) is 6.31. The van der Waals surface area contributed by atoms with Gasteiger partial charge in [-0.05, 0) is 60.4 Å². The Balaban J connectivity index is 1.13. The number of benzene rings is 3. The van der Waals surface area contributed by atoms with E-state index in [1.54, 1.807) is 6.20 Å². The Morgan fingerprint density at radius 2 is 1.71 bits per heavy atom. The zero-order chi connectivity index (χ0) is 22.9. The quantitative estimate of drug-likeness (QED) is 0.378. The number of anilines is 3. The maximum atomic E-state index is 12.7. The van der Waals surface area contributed by atoms with Gasteiger partial charge in [0.1, 0.15) is 0 Å². The summed E-state index contributed by atoms with van der Waals surface area (Å²) in [5.74, 6) is 0. The van der Waals surface area contributed by atoms with Crippen LogP contribution in [-0.2, 0) is 6.42 Å². The van der Waals surface area contributed by atoms with Crippen molar-refractivity contribution in [2.75, 3.05) is 15.1 Å². The van der Waals surface area contributed by atoms with E-state index in [-0.39, 0.29) is 12.1 Å². The minimum absolute atomic E-state index is 0.00591. The Morgan fingerprint density at radius 3 is 2.53 bits per heavy atom. The lowest BCUT2D eigenvalue weighted by molar-refractivity contribution is 0.248. The van der Waals surface area contributed by atoms with Crippen molar-refractivity contribution >= 4 is 34.0 Å². The minimum Gasteiger partial charge on any atom is -0.331 e. The first-order chi connectivity index (χ1) is 16.7. The number of hydrogen-bond acceptors (Lipinski definition) is 4. The van der Waals surface area contributed by atoms with Crippen molar-refractivity contribution in [2.45, 2.75) is 18.9 Å². The van der Waals surface area contributed by atoms with Crippen molar-refractivity contribution in [3.05, 3.63) is 109 Å². The van der Waals surface area contributed by atoms with Crippen LogP contribution in [0.4, 0.5) is 21.9 Å². The van der Waals surface area contributed by atoms with Crippen LogP contribution in [0, 0.1) is 0 Å². The summed E-state index contributed by atoms with van der Waals surface area (Å²) in [5, 5.41) is 14.0. The number of nitrogens with one attached hydrogen (secondary N) is 3. The van der Waals surface area contributed by atoms with Crippen LogP contribution in [0.25, 0.3) is 10.9 Å². The Morgan fingerprint density at radius 1 is 0.912 bits per heavy atom. The van der Waals surface area contributed by atoms with Crippen LogP contribution in [0.15, 0.2) is 97.7 Å². The highest BCUT2D eigenvalue weighted by atomic mass is 16.2. The molecule has 34 heavy (non-hydrogen) atoms. The summed E-state index contributed by atoms with van der Waals surface area (Å²) in [6.45, 7) is 0. The fourth-order valence-corrected chi connectivity index (χ4v) is 4.64. The number of carbonyl (C=O) groups excluding carboxylic acids is 1. The largest absolute Gasteiger partial charge is 0.331 e. The molecule has 0 bridgehead atoms. The van der Waals surface area contributed by atoms with E-state index in [4.69, 9.17) is 0 Å². The molecule has 4 aromatic rings. The van der Waals surface area contributed by atoms with Gasteiger partial charge in [0.2, 0.25) is 0 Å². The summed E-state index contributed by atoms with van der Waals surface area (Å²) in [7, 11) is 0. The number of aromatic nitrogens is 2. The fraction of sp³-hybridized carbons (Fsp3) is 0.111. The van der Waals surface area contributed by atoms with Crippen molar-refractivity contribution in [1.82, 2.24) is 15.5 Å². The molecule has 7 nitrogen and oxygen atoms in total. The number of aryl methyl sites for hydroxylation is 1. The zero-order valence-corrected chi connectivity index (χ0v) is 18.5. The van der Waals surface area contributed by atoms with Gasteiger partial charge in [0.05, 0.1) is 23.4 Å². The van der Waals surface area contributed by atoms with E-state index in [0.717, 1.165) is 40.8 Å². The molecule has 1 aliphatic carbocycles. The summed E-state index contributed by atoms with van der Waals surface area (Å²) in [4.78, 5) is 16.9. The fourth-order valence-electron chi connectivity index (χ4n) is 4.64. The van der Waals surface area contributed by atoms with Gasteiger partial charge in [-0.3, -0.25) is 5.10 Å². The second-order valence-corrected chi connectivity index (χ2v) is 8.46. The van der Waals surface area contributed by atoms with Crippen molar-refractivity contribution in [2.24, 2.45) is 0 Å². The normalized spacial score (nSPS) is 16.6. The predicted molar refractivity (Wildman–Crippen MR) is 135 cm³/mol. The number of nitrogens with zero attached hydrogens (tertiary/aromatic N) is 3. The van der Waals surface area contributed by atoms with Crippen LogP contribution < -0.4 is 20.4 Å². The molecule has 1 aromatic heterocycles. The first-order valence-electron chi connectivity index (χ1n) is 11.4. The second-order valence-electron chi connectivity index (χ2n) is 8.46. The summed E-state index contributed by atoms with van der Waals surface area (Å²) in [6.07, 6.45) is 11.8. The van der Waals surface area contributed by atoms with Gasteiger partial charge in [-0.1, -0.05) is 30.3 Å². The number of rotatable bonds is 4. The van der Waals surface area contributed by atoms with Crippen LogP contribution in [0.2, 0.25) is 0 Å². The van der Waals surface area contributed by atoms with Gasteiger partial charge in [-0.25, -0.2) is 4.79 Å². The number of urea groups is 1. The molecule has 6 rings (SSSR count). The van der Waals surface area contributed by atoms with Gasteiger partial charge in [-0.2, -0.15) is 5.10 Å². The number of H-pyrrole nitrogens is 1. The Bertz CT molecular complexity index is 1390. The van der Waals surface area contributed by atoms with E-state index in [0.29, 0.717) is 0 Å². The maximum absolute atomic E-state index is 12.7. The first-order valence-corrected chi connectivity index (χ1v) is 11.4. The van der Waals surface area contributed by atoms with Gasteiger partial charge in [0, 0.05) is 41.6 Å². The first kappa shape index (κ1) is 20.1. The second kappa shape index (κ2) is 8.44. The summed E-state index contributed by atoms with van der Waals surface area (Å²) < 4.78 is 0. The van der Waals surface area contributed by atoms with Crippen LogP contribution in [0.5, 0.6) is 0 Å². The molecule has 3 aromatic carbocycles. The third-order valence-electron chi connectivity index (χ3n) is 6.37. The Kier molecular flexibility index (Phi) is 4.99. The Labute approximate surface area is 197 Å². The molecule has 0 radical (unpaired) electrons. The molecule has 0 saturated carbocycles. The van der Waals surface area contributed by atoms with E-state index in [9.17, 15) is 4.79 Å². The number of amides is 2. The highest BCUT2D eigenvalue weighted by Gasteiger charge is 2.25. The predicted octanol–water partition coefficient (Wildman–Crippen LogP) is 5.64. The summed E-state index contributed by atoms with van der Waals surface area (Å²) >= 11 is 0. The molecular weight excluding hydrogens is 424 g/mol. The van der Waals surface area contributed by atoms with Gasteiger partial charge < -0.3 is 20.4 Å². The van der Waals surface area contributed by atoms with Crippen LogP contribution in [0.1, 0.15) is 23.6 Å². The number of fused-ring (bicyclic) bond motifs is 2. The molecule has 1 aliphatic heterocycles. The van der Waals surface area contributed by atoms with Crippen molar-refractivity contribution in [1.29, 1.82) is 0 Å². The molecular formula is C27H24N6O. The van der Waals surface area contributed by atoms with Crippen LogP contribution in [-0.4, -0.2) is 16.2 Å². The van der Waals surface area contributed by atoms with Gasteiger partial charge in [-0.15, -0.1) is 0 Å². The molecule has 1 unspecified atom stereocenters. The van der Waals surface area contributed by atoms with E-state index in [1.807, 2.05) is 36.4 Å². The number of hydrogen-bond donors (Lipinski definition) is 3. The van der Waals surface area contributed by atoms with Crippen LogP contribution >= 0.6 is 0 Å². The smallest absolute Gasteiger partial charge is 0.319 e. The van der Waals surface area contributed by atoms with Crippen molar-refractivity contribution in [3.63, 3.8) is 0 Å². The maximum Gasteiger partial charge on any atom is 0.319 e. The topological polar surface area (TPSA) is 76.3 Å². The van der Waals surface area contributed by atoms with Crippen molar-refractivity contribution in [3.8, 4) is 0 Å². The molecule has 0 saturated heterocycles. The van der Waals surface area contributed by atoms with Gasteiger partial charge in [0.15, 0.2) is 0 Å². The van der Waals surface area contributed by atoms with E-state index in [1.165, 1.54) is 11.1 Å². The third kappa shape index (κ3) is 3.77. The van der Waals surface area contributed by atoms with Gasteiger partial charge in [0.25, 0.3) is 0 Å². The molecule has 1 atom stereocenters. The molecule has 0 spiro atoms.